The molecule has 4 heteroatoms. The zero-order chi connectivity index (χ0) is 19.9. The van der Waals surface area contributed by atoms with E-state index in [1.165, 1.54) is 16.7 Å². The van der Waals surface area contributed by atoms with Gasteiger partial charge in [0.15, 0.2) is 0 Å². The van der Waals surface area contributed by atoms with Crippen LogP contribution in [0.2, 0.25) is 0 Å². The average molecular weight is 389 g/mol. The Morgan fingerprint density at radius 1 is 0.897 bits per heavy atom. The minimum absolute atomic E-state index is 0.133. The average Bonchev–Trinajstić information content (AvgIpc) is 2.80. The van der Waals surface area contributed by atoms with E-state index in [0.29, 0.717) is 6.61 Å². The first-order valence-corrected chi connectivity index (χ1v) is 10.2. The van der Waals surface area contributed by atoms with Gasteiger partial charge in [0.2, 0.25) is 0 Å². The number of nitrogens with one attached hydrogen (secondary N) is 1. The second-order valence-electron chi connectivity index (χ2n) is 7.28. The van der Waals surface area contributed by atoms with Crippen molar-refractivity contribution >= 4 is 0 Å². The third-order valence-corrected chi connectivity index (χ3v) is 5.37. The van der Waals surface area contributed by atoms with Crippen molar-refractivity contribution in [3.8, 4) is 11.5 Å². The number of methoxy groups -OCH3 is 1. The second kappa shape index (κ2) is 9.59. The van der Waals surface area contributed by atoms with E-state index in [1.54, 1.807) is 7.11 Å². The molecule has 4 nitrogen and oxygen atoms in total. The van der Waals surface area contributed by atoms with Gasteiger partial charge in [-0.3, -0.25) is 4.90 Å². The van der Waals surface area contributed by atoms with Crippen LogP contribution in [-0.4, -0.2) is 38.2 Å². The van der Waals surface area contributed by atoms with Gasteiger partial charge in [0.25, 0.3) is 0 Å². The highest BCUT2D eigenvalue weighted by Crippen LogP contribution is 2.36. The molecule has 0 spiro atoms. The van der Waals surface area contributed by atoms with E-state index in [4.69, 9.17) is 9.47 Å². The van der Waals surface area contributed by atoms with Crippen molar-refractivity contribution in [3.05, 3.63) is 95.6 Å². The van der Waals surface area contributed by atoms with Crippen LogP contribution in [0.1, 0.15) is 22.7 Å². The van der Waals surface area contributed by atoms with E-state index in [1.807, 2.05) is 36.4 Å². The predicted molar refractivity (Wildman–Crippen MR) is 116 cm³/mol. The Labute approximate surface area is 173 Å². The van der Waals surface area contributed by atoms with Crippen LogP contribution in [0.15, 0.2) is 78.9 Å². The molecule has 0 amide bonds. The van der Waals surface area contributed by atoms with Gasteiger partial charge in [-0.05, 0) is 29.3 Å². The summed E-state index contributed by atoms with van der Waals surface area (Å²) in [6.45, 7) is 4.55. The van der Waals surface area contributed by atoms with Gasteiger partial charge >= 0.3 is 0 Å². The largest absolute Gasteiger partial charge is 0.496 e. The maximum Gasteiger partial charge on any atom is 0.123 e. The monoisotopic (exact) mass is 388 g/mol. The number of rotatable bonds is 7. The summed E-state index contributed by atoms with van der Waals surface area (Å²) < 4.78 is 11.8. The molecule has 1 aliphatic heterocycles. The zero-order valence-corrected chi connectivity index (χ0v) is 16.9. The number of benzene rings is 3. The standard InChI is InChI=1S/C25H28N2O2/c1-28-24-13-6-5-12-23(24)25(27-16-14-26-15-17-27)21-10-7-11-22(18-21)29-19-20-8-3-2-4-9-20/h2-13,18,25-26H,14-17,19H2,1H3. The lowest BCUT2D eigenvalue weighted by Crippen LogP contribution is -2.45. The molecule has 0 radical (unpaired) electrons. The summed E-state index contributed by atoms with van der Waals surface area (Å²) in [6, 6.07) is 27.2. The Bertz CT molecular complexity index is 907. The molecule has 0 saturated carbocycles. The Morgan fingerprint density at radius 3 is 2.45 bits per heavy atom. The van der Waals surface area contributed by atoms with E-state index in [-0.39, 0.29) is 6.04 Å². The number of ether oxygens (including phenoxy) is 2. The van der Waals surface area contributed by atoms with E-state index >= 15 is 0 Å². The smallest absolute Gasteiger partial charge is 0.123 e. The predicted octanol–water partition coefficient (Wildman–Crippen LogP) is 4.27. The molecular weight excluding hydrogens is 360 g/mol. The molecule has 1 fully saturated rings. The summed E-state index contributed by atoms with van der Waals surface area (Å²) in [5, 5.41) is 3.45. The van der Waals surface area contributed by atoms with Crippen molar-refractivity contribution in [1.29, 1.82) is 0 Å². The molecule has 0 aliphatic carbocycles. The van der Waals surface area contributed by atoms with E-state index in [0.717, 1.165) is 37.7 Å². The lowest BCUT2D eigenvalue weighted by Gasteiger charge is -2.36. The molecule has 1 atom stereocenters. The third kappa shape index (κ3) is 4.78. The maximum atomic E-state index is 6.10. The maximum absolute atomic E-state index is 6.10. The summed E-state index contributed by atoms with van der Waals surface area (Å²) in [5.41, 5.74) is 3.58. The third-order valence-electron chi connectivity index (χ3n) is 5.37. The van der Waals surface area contributed by atoms with Crippen LogP contribution in [0.4, 0.5) is 0 Å². The van der Waals surface area contributed by atoms with Gasteiger partial charge in [0.1, 0.15) is 18.1 Å². The summed E-state index contributed by atoms with van der Waals surface area (Å²) in [6.07, 6.45) is 0. The summed E-state index contributed by atoms with van der Waals surface area (Å²) in [4.78, 5) is 2.52. The normalized spacial score (nSPS) is 15.6. The number of nitrogens with zero attached hydrogens (tertiary/aromatic N) is 1. The van der Waals surface area contributed by atoms with Gasteiger partial charge in [0, 0.05) is 31.7 Å². The lowest BCUT2D eigenvalue weighted by atomic mass is 9.95. The van der Waals surface area contributed by atoms with Gasteiger partial charge in [0.05, 0.1) is 13.2 Å². The molecule has 0 bridgehead atoms. The van der Waals surface area contributed by atoms with Gasteiger partial charge < -0.3 is 14.8 Å². The molecule has 1 saturated heterocycles. The molecule has 3 aromatic carbocycles. The molecule has 1 heterocycles. The highest BCUT2D eigenvalue weighted by Gasteiger charge is 2.26. The molecular formula is C25H28N2O2. The van der Waals surface area contributed by atoms with Gasteiger partial charge in [-0.15, -0.1) is 0 Å². The molecule has 4 rings (SSSR count). The summed E-state index contributed by atoms with van der Waals surface area (Å²) in [5.74, 6) is 1.81. The minimum Gasteiger partial charge on any atom is -0.496 e. The summed E-state index contributed by atoms with van der Waals surface area (Å²) in [7, 11) is 1.74. The van der Waals surface area contributed by atoms with Crippen LogP contribution in [0.3, 0.4) is 0 Å². The van der Waals surface area contributed by atoms with E-state index < -0.39 is 0 Å². The first kappa shape index (κ1) is 19.5. The highest BCUT2D eigenvalue weighted by molar-refractivity contribution is 5.43. The molecule has 3 aromatic rings. The van der Waals surface area contributed by atoms with Gasteiger partial charge in [-0.2, -0.15) is 0 Å². The van der Waals surface area contributed by atoms with Crippen LogP contribution in [0.25, 0.3) is 0 Å². The van der Waals surface area contributed by atoms with Crippen molar-refractivity contribution < 1.29 is 9.47 Å². The number of hydrogen-bond acceptors (Lipinski definition) is 4. The topological polar surface area (TPSA) is 33.7 Å². The van der Waals surface area contributed by atoms with Crippen LogP contribution < -0.4 is 14.8 Å². The number of hydrogen-bond donors (Lipinski definition) is 1. The van der Waals surface area contributed by atoms with Crippen molar-refractivity contribution in [1.82, 2.24) is 10.2 Å². The molecule has 1 N–H and O–H groups in total. The summed E-state index contributed by atoms with van der Waals surface area (Å²) >= 11 is 0. The van der Waals surface area contributed by atoms with Crippen molar-refractivity contribution in [3.63, 3.8) is 0 Å². The zero-order valence-electron chi connectivity index (χ0n) is 16.9. The molecule has 150 valence electrons. The molecule has 1 unspecified atom stereocenters. The van der Waals surface area contributed by atoms with E-state index in [9.17, 15) is 0 Å². The number of para-hydroxylation sites is 1. The SMILES string of the molecule is COc1ccccc1C(c1cccc(OCc2ccccc2)c1)N1CCNCC1. The van der Waals surface area contributed by atoms with E-state index in [2.05, 4.69) is 52.7 Å². The fourth-order valence-electron chi connectivity index (χ4n) is 3.94. The molecule has 0 aromatic heterocycles. The fourth-order valence-corrected chi connectivity index (χ4v) is 3.94. The van der Waals surface area contributed by atoms with Crippen molar-refractivity contribution in [2.75, 3.05) is 33.3 Å². The Morgan fingerprint density at radius 2 is 1.66 bits per heavy atom. The van der Waals surface area contributed by atoms with Crippen molar-refractivity contribution in [2.24, 2.45) is 0 Å². The first-order valence-electron chi connectivity index (χ1n) is 10.2. The lowest BCUT2D eigenvalue weighted by molar-refractivity contribution is 0.195. The highest BCUT2D eigenvalue weighted by atomic mass is 16.5. The van der Waals surface area contributed by atoms with Crippen LogP contribution >= 0.6 is 0 Å². The molecule has 1 aliphatic rings. The quantitative estimate of drug-likeness (QED) is 0.655. The van der Waals surface area contributed by atoms with Gasteiger partial charge in [-0.25, -0.2) is 0 Å². The van der Waals surface area contributed by atoms with Gasteiger partial charge in [-0.1, -0.05) is 60.7 Å². The fraction of sp³-hybridized carbons (Fsp3) is 0.280. The van der Waals surface area contributed by atoms with Crippen LogP contribution in [0, 0.1) is 0 Å². The van der Waals surface area contributed by atoms with Crippen LogP contribution in [-0.2, 0) is 6.61 Å². The second-order valence-corrected chi connectivity index (χ2v) is 7.28. The first-order chi connectivity index (χ1) is 14.3. The Kier molecular flexibility index (Phi) is 6.45. The Balaban J connectivity index is 1.63. The number of piperazine rings is 1. The van der Waals surface area contributed by atoms with Crippen LogP contribution in [0.5, 0.6) is 11.5 Å². The Hall–Kier alpha value is -2.82. The molecule has 29 heavy (non-hydrogen) atoms. The van der Waals surface area contributed by atoms with Crippen molar-refractivity contribution in [2.45, 2.75) is 12.6 Å². The minimum atomic E-state index is 0.133.